The van der Waals surface area contributed by atoms with E-state index in [1.165, 1.54) is 38.2 Å². The lowest BCUT2D eigenvalue weighted by Gasteiger charge is -2.37. The lowest BCUT2D eigenvalue weighted by Crippen LogP contribution is -2.42. The minimum Gasteiger partial charge on any atom is -0.369 e. The average Bonchev–Trinajstić information content (AvgIpc) is 2.76. The molecule has 0 saturated heterocycles. The normalized spacial score (nSPS) is 15.5. The Kier molecular flexibility index (Phi) is 8.69. The van der Waals surface area contributed by atoms with Gasteiger partial charge in [-0.25, -0.2) is 8.42 Å². The van der Waals surface area contributed by atoms with Gasteiger partial charge in [0.2, 0.25) is 9.84 Å². The smallest absolute Gasteiger partial charge is 0.201 e. The van der Waals surface area contributed by atoms with Crippen LogP contribution in [0.3, 0.4) is 0 Å². The summed E-state index contributed by atoms with van der Waals surface area (Å²) in [6.07, 6.45) is 7.68. The van der Waals surface area contributed by atoms with Crippen molar-refractivity contribution in [1.29, 1.82) is 0 Å². The Balaban J connectivity index is 1.49. The van der Waals surface area contributed by atoms with E-state index >= 15 is 0 Å². The Morgan fingerprint density at radius 1 is 1.06 bits per heavy atom. The number of sulfone groups is 1. The van der Waals surface area contributed by atoms with Crippen LogP contribution in [0.5, 0.6) is 0 Å². The van der Waals surface area contributed by atoms with E-state index in [0.29, 0.717) is 28.5 Å². The molecular formula is C23H33ClN4O2S. The van der Waals surface area contributed by atoms with Crippen molar-refractivity contribution in [2.45, 2.75) is 75.2 Å². The first-order chi connectivity index (χ1) is 14.8. The molecule has 0 atom stereocenters. The number of hydrogen-bond acceptors (Lipinski definition) is 6. The zero-order chi connectivity index (χ0) is 22.3. The van der Waals surface area contributed by atoms with Crippen molar-refractivity contribution >= 4 is 27.3 Å². The highest BCUT2D eigenvalue weighted by Gasteiger charge is 2.22. The molecular weight excluding hydrogens is 432 g/mol. The van der Waals surface area contributed by atoms with Crippen molar-refractivity contribution in [3.63, 3.8) is 0 Å². The number of benzene rings is 1. The Labute approximate surface area is 191 Å². The summed E-state index contributed by atoms with van der Waals surface area (Å²) in [5, 5.41) is 11.8. The molecule has 0 spiro atoms. The van der Waals surface area contributed by atoms with Gasteiger partial charge in [-0.1, -0.05) is 43.0 Å². The number of hydrogen-bond donors (Lipinski definition) is 1. The Morgan fingerprint density at radius 3 is 2.39 bits per heavy atom. The lowest BCUT2D eigenvalue weighted by atomic mass is 9.93. The number of anilines is 1. The maximum atomic E-state index is 12.6. The highest BCUT2D eigenvalue weighted by atomic mass is 35.5. The van der Waals surface area contributed by atoms with E-state index in [1.807, 2.05) is 0 Å². The first-order valence-corrected chi connectivity index (χ1v) is 13.2. The monoisotopic (exact) mass is 464 g/mol. The van der Waals surface area contributed by atoms with Crippen LogP contribution in [-0.2, 0) is 15.6 Å². The van der Waals surface area contributed by atoms with E-state index in [1.54, 1.807) is 30.3 Å². The van der Waals surface area contributed by atoms with E-state index in [4.69, 9.17) is 11.6 Å². The summed E-state index contributed by atoms with van der Waals surface area (Å²) in [7, 11) is -3.55. The van der Waals surface area contributed by atoms with Crippen molar-refractivity contribution in [3.05, 3.63) is 47.0 Å². The van der Waals surface area contributed by atoms with Gasteiger partial charge in [-0.05, 0) is 62.9 Å². The second kappa shape index (κ2) is 11.2. The summed E-state index contributed by atoms with van der Waals surface area (Å²) in [4.78, 5) is 2.62. The number of nitrogens with zero attached hydrogens (tertiary/aromatic N) is 3. The molecule has 1 N–H and O–H groups in total. The van der Waals surface area contributed by atoms with Gasteiger partial charge in [0.1, 0.15) is 5.82 Å². The molecule has 1 aliphatic carbocycles. The maximum absolute atomic E-state index is 12.6. The first-order valence-electron chi connectivity index (χ1n) is 11.2. The predicted octanol–water partition coefficient (Wildman–Crippen LogP) is 4.95. The van der Waals surface area contributed by atoms with Crippen LogP contribution in [-0.4, -0.2) is 48.7 Å². The summed E-state index contributed by atoms with van der Waals surface area (Å²) in [5.41, 5.74) is 0.668. The molecule has 0 unspecified atom stereocenters. The van der Waals surface area contributed by atoms with Crippen LogP contribution < -0.4 is 5.32 Å². The number of rotatable bonds is 10. The zero-order valence-corrected chi connectivity index (χ0v) is 20.0. The molecule has 31 heavy (non-hydrogen) atoms. The van der Waals surface area contributed by atoms with Crippen LogP contribution >= 0.6 is 11.6 Å². The molecule has 6 nitrogen and oxygen atoms in total. The maximum Gasteiger partial charge on any atom is 0.201 e. The molecule has 170 valence electrons. The van der Waals surface area contributed by atoms with Crippen molar-refractivity contribution in [2.24, 2.45) is 0 Å². The molecule has 1 aromatic carbocycles. The van der Waals surface area contributed by atoms with Crippen LogP contribution in [0.15, 0.2) is 41.4 Å². The average molecular weight is 465 g/mol. The van der Waals surface area contributed by atoms with Gasteiger partial charge < -0.3 is 5.32 Å². The summed E-state index contributed by atoms with van der Waals surface area (Å²) in [6.45, 7) is 6.38. The van der Waals surface area contributed by atoms with Gasteiger partial charge in [0, 0.05) is 30.2 Å². The fourth-order valence-electron chi connectivity index (χ4n) is 4.21. The van der Waals surface area contributed by atoms with Gasteiger partial charge in [0.25, 0.3) is 0 Å². The van der Waals surface area contributed by atoms with Gasteiger partial charge in [-0.2, -0.15) is 0 Å². The molecule has 0 amide bonds. The van der Waals surface area contributed by atoms with E-state index in [9.17, 15) is 8.42 Å². The van der Waals surface area contributed by atoms with Crippen molar-refractivity contribution in [2.75, 3.05) is 18.4 Å². The standard InChI is InChI=1S/C23H33ClN4O2S/c1-18(2)28(21-7-4-3-5-8-21)16-6-15-25-22-13-14-23(27-26-22)31(29,30)17-19-9-11-20(24)12-10-19/h9-14,18,21H,3-8,15-17H2,1-2H3,(H,25,26). The van der Waals surface area contributed by atoms with Gasteiger partial charge in [-0.3, -0.25) is 4.90 Å². The third-order valence-electron chi connectivity index (χ3n) is 5.83. The minimum atomic E-state index is -3.55. The fourth-order valence-corrected chi connectivity index (χ4v) is 5.55. The molecule has 0 aliphatic heterocycles. The van der Waals surface area contributed by atoms with Crippen LogP contribution in [0, 0.1) is 0 Å². The lowest BCUT2D eigenvalue weighted by molar-refractivity contribution is 0.120. The highest BCUT2D eigenvalue weighted by molar-refractivity contribution is 7.90. The van der Waals surface area contributed by atoms with Crippen molar-refractivity contribution < 1.29 is 8.42 Å². The molecule has 1 aromatic heterocycles. The first kappa shape index (κ1) is 24.0. The number of halogens is 1. The largest absolute Gasteiger partial charge is 0.369 e. The van der Waals surface area contributed by atoms with E-state index in [2.05, 4.69) is 34.3 Å². The van der Waals surface area contributed by atoms with Gasteiger partial charge in [0.15, 0.2) is 5.03 Å². The Morgan fingerprint density at radius 2 is 1.77 bits per heavy atom. The topological polar surface area (TPSA) is 75.2 Å². The van der Waals surface area contributed by atoms with Crippen LogP contribution in [0.4, 0.5) is 5.82 Å². The third kappa shape index (κ3) is 7.16. The Hall–Kier alpha value is -1.70. The summed E-state index contributed by atoms with van der Waals surface area (Å²) in [6, 6.07) is 11.2. The zero-order valence-electron chi connectivity index (χ0n) is 18.4. The minimum absolute atomic E-state index is 0.0173. The molecule has 2 aromatic rings. The van der Waals surface area contributed by atoms with Gasteiger partial charge >= 0.3 is 0 Å². The molecule has 1 fully saturated rings. The van der Waals surface area contributed by atoms with Gasteiger partial charge in [0.05, 0.1) is 5.75 Å². The highest BCUT2D eigenvalue weighted by Crippen LogP contribution is 2.24. The molecule has 8 heteroatoms. The van der Waals surface area contributed by atoms with E-state index < -0.39 is 9.84 Å². The summed E-state index contributed by atoms with van der Waals surface area (Å²) >= 11 is 5.86. The Bertz CT molecular complexity index is 912. The fraction of sp³-hybridized carbons (Fsp3) is 0.565. The second-order valence-corrected chi connectivity index (χ2v) is 10.9. The number of aromatic nitrogens is 2. The molecule has 1 heterocycles. The van der Waals surface area contributed by atoms with Crippen LogP contribution in [0.1, 0.15) is 57.9 Å². The molecule has 0 radical (unpaired) electrons. The SMILES string of the molecule is CC(C)N(CCCNc1ccc(S(=O)(=O)Cc2ccc(Cl)cc2)nn1)C1CCCCC1. The summed E-state index contributed by atoms with van der Waals surface area (Å²) in [5.74, 6) is 0.469. The van der Waals surface area contributed by atoms with Crippen LogP contribution in [0.25, 0.3) is 0 Å². The molecule has 1 aliphatic rings. The van der Waals surface area contributed by atoms with E-state index in [-0.39, 0.29) is 10.8 Å². The molecule has 3 rings (SSSR count). The van der Waals surface area contributed by atoms with Crippen molar-refractivity contribution in [3.8, 4) is 0 Å². The third-order valence-corrected chi connectivity index (χ3v) is 7.66. The van der Waals surface area contributed by atoms with Crippen LogP contribution in [0.2, 0.25) is 5.02 Å². The molecule has 1 saturated carbocycles. The number of nitrogens with one attached hydrogen (secondary N) is 1. The van der Waals surface area contributed by atoms with Crippen molar-refractivity contribution in [1.82, 2.24) is 15.1 Å². The molecule has 0 bridgehead atoms. The van der Waals surface area contributed by atoms with Gasteiger partial charge in [-0.15, -0.1) is 10.2 Å². The van der Waals surface area contributed by atoms with E-state index in [0.717, 1.165) is 19.5 Å². The quantitative estimate of drug-likeness (QED) is 0.501. The second-order valence-electron chi connectivity index (χ2n) is 8.55. The predicted molar refractivity (Wildman–Crippen MR) is 126 cm³/mol. The summed E-state index contributed by atoms with van der Waals surface area (Å²) < 4.78 is 25.2.